The molecule has 0 aliphatic carbocycles. The molecule has 1 amide bonds. The van der Waals surface area contributed by atoms with Gasteiger partial charge in [0.2, 0.25) is 5.76 Å². The number of aliphatic carboxylic acids is 1. The molecule has 1 unspecified atom stereocenters. The topological polar surface area (TPSA) is 92.4 Å². The van der Waals surface area contributed by atoms with Crippen molar-refractivity contribution in [3.05, 3.63) is 17.8 Å². The van der Waals surface area contributed by atoms with Crippen molar-refractivity contribution < 1.29 is 19.1 Å². The minimum Gasteiger partial charge on any atom is -0.481 e. The molecule has 0 aliphatic heterocycles. The zero-order valence-electron chi connectivity index (χ0n) is 8.48. The average Bonchev–Trinajstić information content (AvgIpc) is 2.49. The summed E-state index contributed by atoms with van der Waals surface area (Å²) in [5.41, 5.74) is 0.482. The molecular formula is C9H12N2O4. The normalized spacial score (nSPS) is 12.1. The second-order valence-corrected chi connectivity index (χ2v) is 3.24. The summed E-state index contributed by atoms with van der Waals surface area (Å²) in [6.07, 6.45) is 1.05. The predicted octanol–water partition coefficient (Wildman–Crippen LogP) is 0.576. The minimum atomic E-state index is -0.961. The monoisotopic (exact) mass is 212 g/mol. The molecule has 0 aromatic carbocycles. The molecule has 6 heteroatoms. The number of oxazole rings is 1. The van der Waals surface area contributed by atoms with Gasteiger partial charge in [-0.3, -0.25) is 9.59 Å². The highest BCUT2D eigenvalue weighted by Gasteiger charge is 2.17. The number of nitrogens with zero attached hydrogens (tertiary/aromatic N) is 1. The Kier molecular flexibility index (Phi) is 3.43. The molecule has 1 atom stereocenters. The first-order chi connectivity index (χ1) is 7.00. The molecule has 1 aromatic heterocycles. The van der Waals surface area contributed by atoms with Gasteiger partial charge in [-0.05, 0) is 13.8 Å². The zero-order valence-corrected chi connectivity index (χ0v) is 8.48. The van der Waals surface area contributed by atoms with Crippen molar-refractivity contribution in [1.29, 1.82) is 0 Å². The molecule has 0 aliphatic rings. The first-order valence-corrected chi connectivity index (χ1v) is 4.43. The van der Waals surface area contributed by atoms with E-state index in [0.717, 1.165) is 0 Å². The number of aryl methyl sites for hydroxylation is 1. The van der Waals surface area contributed by atoms with Crippen molar-refractivity contribution in [1.82, 2.24) is 10.3 Å². The summed E-state index contributed by atoms with van der Waals surface area (Å²) in [4.78, 5) is 25.6. The number of rotatable bonds is 4. The summed E-state index contributed by atoms with van der Waals surface area (Å²) in [6, 6.07) is -0.445. The van der Waals surface area contributed by atoms with Crippen LogP contribution in [-0.4, -0.2) is 28.0 Å². The number of carbonyl (C=O) groups excluding carboxylic acids is 1. The van der Waals surface area contributed by atoms with Gasteiger partial charge in [0.15, 0.2) is 6.39 Å². The number of nitrogens with one attached hydrogen (secondary N) is 1. The Morgan fingerprint density at radius 2 is 2.33 bits per heavy atom. The van der Waals surface area contributed by atoms with Crippen LogP contribution in [0.25, 0.3) is 0 Å². The smallest absolute Gasteiger partial charge is 0.305 e. The van der Waals surface area contributed by atoms with Crippen LogP contribution in [0.15, 0.2) is 10.8 Å². The van der Waals surface area contributed by atoms with E-state index >= 15 is 0 Å². The second kappa shape index (κ2) is 4.59. The molecule has 0 fully saturated rings. The van der Waals surface area contributed by atoms with Gasteiger partial charge in [-0.15, -0.1) is 0 Å². The van der Waals surface area contributed by atoms with E-state index in [0.29, 0.717) is 5.69 Å². The summed E-state index contributed by atoms with van der Waals surface area (Å²) >= 11 is 0. The van der Waals surface area contributed by atoms with Gasteiger partial charge in [-0.2, -0.15) is 0 Å². The highest BCUT2D eigenvalue weighted by molar-refractivity contribution is 5.92. The van der Waals surface area contributed by atoms with Crippen molar-refractivity contribution in [3.8, 4) is 0 Å². The number of carboxylic acids is 1. The summed E-state index contributed by atoms with van der Waals surface area (Å²) < 4.78 is 4.86. The van der Waals surface area contributed by atoms with Crippen molar-refractivity contribution in [3.63, 3.8) is 0 Å². The summed E-state index contributed by atoms with van der Waals surface area (Å²) in [5.74, 6) is -1.29. The molecule has 1 aromatic rings. The maximum Gasteiger partial charge on any atom is 0.305 e. The summed E-state index contributed by atoms with van der Waals surface area (Å²) in [6.45, 7) is 3.25. The van der Waals surface area contributed by atoms with Gasteiger partial charge in [0.05, 0.1) is 12.1 Å². The Morgan fingerprint density at radius 1 is 1.67 bits per heavy atom. The molecule has 6 nitrogen and oxygen atoms in total. The Morgan fingerprint density at radius 3 is 2.80 bits per heavy atom. The number of hydrogen-bond acceptors (Lipinski definition) is 4. The first kappa shape index (κ1) is 11.2. The SMILES string of the molecule is Cc1ncoc1C(=O)NC(C)CC(=O)O. The van der Waals surface area contributed by atoms with Crippen LogP contribution in [-0.2, 0) is 4.79 Å². The van der Waals surface area contributed by atoms with Gasteiger partial charge in [0, 0.05) is 6.04 Å². The number of amides is 1. The lowest BCUT2D eigenvalue weighted by Gasteiger charge is -2.09. The molecule has 0 radical (unpaired) electrons. The third kappa shape index (κ3) is 3.08. The number of carboxylic acid groups (broad SMARTS) is 1. The molecule has 82 valence electrons. The maximum absolute atomic E-state index is 11.5. The molecule has 0 bridgehead atoms. The number of hydrogen-bond donors (Lipinski definition) is 2. The van der Waals surface area contributed by atoms with E-state index in [-0.39, 0.29) is 12.2 Å². The van der Waals surface area contributed by atoms with E-state index in [4.69, 9.17) is 9.52 Å². The fraction of sp³-hybridized carbons (Fsp3) is 0.444. The van der Waals surface area contributed by atoms with Gasteiger partial charge < -0.3 is 14.8 Å². The lowest BCUT2D eigenvalue weighted by Crippen LogP contribution is -2.34. The van der Waals surface area contributed by atoms with Crippen molar-refractivity contribution in [2.45, 2.75) is 26.3 Å². The Hall–Kier alpha value is -1.85. The van der Waals surface area contributed by atoms with E-state index in [2.05, 4.69) is 10.3 Å². The van der Waals surface area contributed by atoms with E-state index in [9.17, 15) is 9.59 Å². The molecule has 1 heterocycles. The molecule has 2 N–H and O–H groups in total. The fourth-order valence-corrected chi connectivity index (χ4v) is 1.12. The van der Waals surface area contributed by atoms with E-state index in [1.165, 1.54) is 6.39 Å². The second-order valence-electron chi connectivity index (χ2n) is 3.24. The largest absolute Gasteiger partial charge is 0.481 e. The fourth-order valence-electron chi connectivity index (χ4n) is 1.12. The van der Waals surface area contributed by atoms with E-state index < -0.39 is 17.9 Å². The average molecular weight is 212 g/mol. The summed E-state index contributed by atoms with van der Waals surface area (Å²) in [5, 5.41) is 11.0. The first-order valence-electron chi connectivity index (χ1n) is 4.43. The van der Waals surface area contributed by atoms with Crippen LogP contribution in [0, 0.1) is 6.92 Å². The molecule has 1 rings (SSSR count). The molecule has 0 saturated carbocycles. The zero-order chi connectivity index (χ0) is 11.4. The Balaban J connectivity index is 2.56. The van der Waals surface area contributed by atoms with Crippen LogP contribution in [0.2, 0.25) is 0 Å². The van der Waals surface area contributed by atoms with Gasteiger partial charge >= 0.3 is 5.97 Å². The van der Waals surface area contributed by atoms with Crippen molar-refractivity contribution in [2.24, 2.45) is 0 Å². The predicted molar refractivity (Wildman–Crippen MR) is 50.4 cm³/mol. The van der Waals surface area contributed by atoms with Crippen molar-refractivity contribution >= 4 is 11.9 Å². The van der Waals surface area contributed by atoms with Crippen molar-refractivity contribution in [2.75, 3.05) is 0 Å². The van der Waals surface area contributed by atoms with Crippen LogP contribution >= 0.6 is 0 Å². The molecule has 15 heavy (non-hydrogen) atoms. The molecule has 0 spiro atoms. The van der Waals surface area contributed by atoms with Gasteiger partial charge in [-0.25, -0.2) is 4.98 Å². The highest BCUT2D eigenvalue weighted by atomic mass is 16.4. The Bertz CT molecular complexity index is 372. The number of carbonyl (C=O) groups is 2. The van der Waals surface area contributed by atoms with Crippen LogP contribution in [0.3, 0.4) is 0 Å². The van der Waals surface area contributed by atoms with E-state index in [1.807, 2.05) is 0 Å². The van der Waals surface area contributed by atoms with Crippen LogP contribution in [0.5, 0.6) is 0 Å². The highest BCUT2D eigenvalue weighted by Crippen LogP contribution is 2.05. The van der Waals surface area contributed by atoms with E-state index in [1.54, 1.807) is 13.8 Å². The standard InChI is InChI=1S/C9H12N2O4/c1-5(3-7(12)13)11-9(14)8-6(2)10-4-15-8/h4-5H,3H2,1-2H3,(H,11,14)(H,12,13). The van der Waals surface area contributed by atoms with Crippen LogP contribution in [0.1, 0.15) is 29.6 Å². The van der Waals surface area contributed by atoms with Crippen LogP contribution in [0.4, 0.5) is 0 Å². The quantitative estimate of drug-likeness (QED) is 0.761. The molecular weight excluding hydrogens is 200 g/mol. The third-order valence-corrected chi connectivity index (χ3v) is 1.81. The lowest BCUT2D eigenvalue weighted by atomic mass is 10.2. The van der Waals surface area contributed by atoms with Gasteiger partial charge in [0.25, 0.3) is 5.91 Å². The maximum atomic E-state index is 11.5. The number of aromatic nitrogens is 1. The lowest BCUT2D eigenvalue weighted by molar-refractivity contribution is -0.137. The Labute approximate surface area is 86.3 Å². The van der Waals surface area contributed by atoms with Gasteiger partial charge in [-0.1, -0.05) is 0 Å². The minimum absolute atomic E-state index is 0.118. The molecule has 0 saturated heterocycles. The summed E-state index contributed by atoms with van der Waals surface area (Å²) in [7, 11) is 0. The third-order valence-electron chi connectivity index (χ3n) is 1.81. The van der Waals surface area contributed by atoms with Crippen LogP contribution < -0.4 is 5.32 Å². The van der Waals surface area contributed by atoms with Gasteiger partial charge in [0.1, 0.15) is 0 Å².